The van der Waals surface area contributed by atoms with Crippen LogP contribution in [0.1, 0.15) is 37.0 Å². The maximum absolute atomic E-state index is 5.85. The van der Waals surface area contributed by atoms with Crippen molar-refractivity contribution in [2.45, 2.75) is 39.5 Å². The van der Waals surface area contributed by atoms with Crippen molar-refractivity contribution in [3.8, 4) is 5.75 Å². The van der Waals surface area contributed by atoms with Crippen molar-refractivity contribution in [3.05, 3.63) is 28.8 Å². The first-order valence-corrected chi connectivity index (χ1v) is 6.17. The third-order valence-electron chi connectivity index (χ3n) is 3.17. The lowest BCUT2D eigenvalue weighted by Gasteiger charge is -2.26. The molecule has 0 aliphatic carbocycles. The predicted molar refractivity (Wildman–Crippen MR) is 70.8 cm³/mol. The van der Waals surface area contributed by atoms with Gasteiger partial charge in [-0.05, 0) is 42.4 Å². The van der Waals surface area contributed by atoms with Gasteiger partial charge in [-0.2, -0.15) is 0 Å². The number of hydrogen-bond acceptors (Lipinski definition) is 1. The van der Waals surface area contributed by atoms with Crippen LogP contribution in [0.15, 0.2) is 12.1 Å². The van der Waals surface area contributed by atoms with Crippen LogP contribution in [0.25, 0.3) is 0 Å². The average Bonchev–Trinajstić information content (AvgIpc) is 2.17. The van der Waals surface area contributed by atoms with Crippen LogP contribution < -0.4 is 4.74 Å². The molecule has 0 heterocycles. The molecule has 0 spiro atoms. The lowest BCUT2D eigenvalue weighted by molar-refractivity contribution is 0.407. The summed E-state index contributed by atoms with van der Waals surface area (Å²) in [6, 6.07) is 4.41. The highest BCUT2D eigenvalue weighted by Crippen LogP contribution is 2.33. The molecule has 0 bridgehead atoms. The molecule has 0 aliphatic heterocycles. The van der Waals surface area contributed by atoms with Gasteiger partial charge in [0, 0.05) is 5.88 Å². The summed E-state index contributed by atoms with van der Waals surface area (Å²) in [5.41, 5.74) is 3.85. The molecule has 2 heteroatoms. The molecule has 90 valence electrons. The molecule has 0 atom stereocenters. The van der Waals surface area contributed by atoms with Gasteiger partial charge in [0.15, 0.2) is 0 Å². The predicted octanol–water partition coefficient (Wildman–Crippen LogP) is 4.22. The molecule has 16 heavy (non-hydrogen) atoms. The monoisotopic (exact) mass is 240 g/mol. The highest BCUT2D eigenvalue weighted by molar-refractivity contribution is 6.17. The Labute approximate surface area is 104 Å². The number of hydrogen-bond donors (Lipinski definition) is 0. The molecule has 0 aromatic heterocycles. The maximum atomic E-state index is 5.85. The number of methoxy groups -OCH3 is 1. The summed E-state index contributed by atoms with van der Waals surface area (Å²) in [6.45, 7) is 8.64. The van der Waals surface area contributed by atoms with Crippen LogP contribution in [0, 0.1) is 13.8 Å². The van der Waals surface area contributed by atoms with Crippen molar-refractivity contribution in [3.63, 3.8) is 0 Å². The van der Waals surface area contributed by atoms with Crippen molar-refractivity contribution < 1.29 is 4.74 Å². The molecule has 0 unspecified atom stereocenters. The molecule has 0 fully saturated rings. The van der Waals surface area contributed by atoms with E-state index < -0.39 is 0 Å². The van der Waals surface area contributed by atoms with Gasteiger partial charge in [-0.25, -0.2) is 0 Å². The van der Waals surface area contributed by atoms with Crippen molar-refractivity contribution in [1.29, 1.82) is 0 Å². The Kier molecular flexibility index (Phi) is 4.26. The van der Waals surface area contributed by atoms with Crippen molar-refractivity contribution in [1.82, 2.24) is 0 Å². The second-order valence-corrected chi connectivity index (χ2v) is 5.34. The van der Waals surface area contributed by atoms with Crippen LogP contribution in [-0.4, -0.2) is 13.0 Å². The average molecular weight is 241 g/mol. The summed E-state index contributed by atoms with van der Waals surface area (Å²) in [5, 5.41) is 0. The fourth-order valence-corrected chi connectivity index (χ4v) is 2.52. The van der Waals surface area contributed by atoms with Crippen LogP contribution in [-0.2, 0) is 5.41 Å². The van der Waals surface area contributed by atoms with E-state index in [1.807, 2.05) is 0 Å². The van der Waals surface area contributed by atoms with Gasteiger partial charge in [-0.15, -0.1) is 11.6 Å². The molecule has 0 N–H and O–H groups in total. The number of ether oxygens (including phenoxy) is 1. The van der Waals surface area contributed by atoms with Gasteiger partial charge in [0.2, 0.25) is 0 Å². The molecule has 0 aliphatic rings. The maximum Gasteiger partial charge on any atom is 0.124 e. The summed E-state index contributed by atoms with van der Waals surface area (Å²) < 4.78 is 5.38. The fraction of sp³-hybridized carbons (Fsp3) is 0.571. The normalized spacial score (nSPS) is 11.6. The minimum Gasteiger partial charge on any atom is -0.496 e. The first-order chi connectivity index (χ1) is 7.42. The number of alkyl halides is 1. The standard InChI is InChI=1S/C14H21ClO/c1-10-8-12(14(3,4)6-7-15)9-11(2)13(10)16-5/h8-9H,6-7H2,1-5H3. The van der Waals surface area contributed by atoms with E-state index in [9.17, 15) is 0 Å². The smallest absolute Gasteiger partial charge is 0.124 e. The second-order valence-electron chi connectivity index (χ2n) is 4.97. The van der Waals surface area contributed by atoms with E-state index in [0.717, 1.165) is 12.2 Å². The second kappa shape index (κ2) is 5.09. The minimum absolute atomic E-state index is 0.129. The fourth-order valence-electron chi connectivity index (χ4n) is 2.04. The number of rotatable bonds is 4. The lowest BCUT2D eigenvalue weighted by Crippen LogP contribution is -2.18. The number of benzene rings is 1. The van der Waals surface area contributed by atoms with Crippen LogP contribution in [0.4, 0.5) is 0 Å². The van der Waals surface area contributed by atoms with Gasteiger partial charge in [0.05, 0.1) is 7.11 Å². The zero-order valence-electron chi connectivity index (χ0n) is 10.9. The Hall–Kier alpha value is -0.690. The van der Waals surface area contributed by atoms with Crippen LogP contribution >= 0.6 is 11.6 Å². The van der Waals surface area contributed by atoms with Gasteiger partial charge in [-0.3, -0.25) is 0 Å². The van der Waals surface area contributed by atoms with Crippen LogP contribution in [0.2, 0.25) is 0 Å². The van der Waals surface area contributed by atoms with E-state index in [1.54, 1.807) is 7.11 Å². The van der Waals surface area contributed by atoms with Gasteiger partial charge >= 0.3 is 0 Å². The van der Waals surface area contributed by atoms with Crippen molar-refractivity contribution in [2.75, 3.05) is 13.0 Å². The summed E-state index contributed by atoms with van der Waals surface area (Å²) >= 11 is 5.85. The third-order valence-corrected chi connectivity index (χ3v) is 3.35. The van der Waals surface area contributed by atoms with E-state index in [-0.39, 0.29) is 5.41 Å². The topological polar surface area (TPSA) is 9.23 Å². The largest absolute Gasteiger partial charge is 0.496 e. The molecule has 1 rings (SSSR count). The number of aryl methyl sites for hydroxylation is 2. The molecular formula is C14H21ClO. The molecule has 1 aromatic rings. The summed E-state index contributed by atoms with van der Waals surface area (Å²) in [4.78, 5) is 0. The Bertz CT molecular complexity index is 346. The molecule has 0 saturated carbocycles. The minimum atomic E-state index is 0.129. The van der Waals surface area contributed by atoms with Gasteiger partial charge in [0.1, 0.15) is 5.75 Å². The summed E-state index contributed by atoms with van der Waals surface area (Å²) in [7, 11) is 1.72. The number of halogens is 1. The van der Waals surface area contributed by atoms with E-state index in [2.05, 4.69) is 39.8 Å². The first kappa shape index (κ1) is 13.4. The third kappa shape index (κ3) is 2.70. The van der Waals surface area contributed by atoms with E-state index >= 15 is 0 Å². The van der Waals surface area contributed by atoms with Gasteiger partial charge in [-0.1, -0.05) is 26.0 Å². The van der Waals surface area contributed by atoms with Gasteiger partial charge in [0.25, 0.3) is 0 Å². The van der Waals surface area contributed by atoms with E-state index in [1.165, 1.54) is 16.7 Å². The zero-order chi connectivity index (χ0) is 12.3. The summed E-state index contributed by atoms with van der Waals surface area (Å²) in [5.74, 6) is 1.68. The molecule has 0 radical (unpaired) electrons. The highest BCUT2D eigenvalue weighted by atomic mass is 35.5. The Morgan fingerprint density at radius 1 is 1.19 bits per heavy atom. The molecule has 1 aromatic carbocycles. The quantitative estimate of drug-likeness (QED) is 0.716. The Morgan fingerprint density at radius 2 is 1.69 bits per heavy atom. The van der Waals surface area contributed by atoms with E-state index in [0.29, 0.717) is 5.88 Å². The van der Waals surface area contributed by atoms with E-state index in [4.69, 9.17) is 16.3 Å². The van der Waals surface area contributed by atoms with Crippen LogP contribution in [0.3, 0.4) is 0 Å². The first-order valence-electron chi connectivity index (χ1n) is 5.64. The molecule has 0 amide bonds. The highest BCUT2D eigenvalue weighted by Gasteiger charge is 2.21. The molecule has 1 nitrogen and oxygen atoms in total. The van der Waals surface area contributed by atoms with Gasteiger partial charge < -0.3 is 4.74 Å². The van der Waals surface area contributed by atoms with Crippen molar-refractivity contribution >= 4 is 11.6 Å². The zero-order valence-corrected chi connectivity index (χ0v) is 11.6. The SMILES string of the molecule is COc1c(C)cc(C(C)(C)CCCl)cc1C. The molecule has 0 saturated heterocycles. The Morgan fingerprint density at radius 3 is 2.06 bits per heavy atom. The van der Waals surface area contributed by atoms with Crippen LogP contribution in [0.5, 0.6) is 5.75 Å². The summed E-state index contributed by atoms with van der Waals surface area (Å²) in [6.07, 6.45) is 0.986. The lowest BCUT2D eigenvalue weighted by atomic mass is 9.81. The Balaban J connectivity index is 3.17. The molecular weight excluding hydrogens is 220 g/mol. The van der Waals surface area contributed by atoms with Crippen molar-refractivity contribution in [2.24, 2.45) is 0 Å².